The molecule has 0 saturated heterocycles. The topological polar surface area (TPSA) is 24.9 Å². The molecule has 18 heavy (non-hydrogen) atoms. The van der Waals surface area contributed by atoms with Gasteiger partial charge in [0.05, 0.1) is 10.2 Å². The summed E-state index contributed by atoms with van der Waals surface area (Å²) in [5.41, 5.74) is 2.84. The zero-order valence-corrected chi connectivity index (χ0v) is 12.6. The summed E-state index contributed by atoms with van der Waals surface area (Å²) in [5, 5.41) is 3.64. The Balaban J connectivity index is 1.84. The largest absolute Gasteiger partial charge is 0.382 e. The van der Waals surface area contributed by atoms with Gasteiger partial charge in [-0.2, -0.15) is 0 Å². The first-order valence-corrected chi connectivity index (χ1v) is 8.36. The highest BCUT2D eigenvalue weighted by molar-refractivity contribution is 8.00. The van der Waals surface area contributed by atoms with E-state index in [1.807, 2.05) is 0 Å². The maximum absolute atomic E-state index is 4.57. The number of hydrogen-bond acceptors (Lipinski definition) is 4. The Hall–Kier alpha value is -0.740. The lowest BCUT2D eigenvalue weighted by molar-refractivity contribution is 0.493. The Morgan fingerprint density at radius 3 is 2.89 bits per heavy atom. The molecule has 2 nitrogen and oxygen atoms in total. The summed E-state index contributed by atoms with van der Waals surface area (Å²) >= 11 is 3.49. The van der Waals surface area contributed by atoms with Crippen LogP contribution in [0.2, 0.25) is 0 Å². The quantitative estimate of drug-likeness (QED) is 0.826. The fourth-order valence-electron chi connectivity index (χ4n) is 2.13. The van der Waals surface area contributed by atoms with Gasteiger partial charge in [-0.15, -0.1) is 11.3 Å². The Bertz CT molecular complexity index is 572. The summed E-state index contributed by atoms with van der Waals surface area (Å²) in [6.07, 6.45) is 4.77. The van der Waals surface area contributed by atoms with Crippen LogP contribution in [0.5, 0.6) is 0 Å². The van der Waals surface area contributed by atoms with Gasteiger partial charge in [-0.1, -0.05) is 18.7 Å². The summed E-state index contributed by atoms with van der Waals surface area (Å²) in [4.78, 5) is 4.57. The van der Waals surface area contributed by atoms with Crippen molar-refractivity contribution in [2.24, 2.45) is 5.41 Å². The van der Waals surface area contributed by atoms with Crippen LogP contribution in [-0.4, -0.2) is 17.3 Å². The molecule has 1 aliphatic rings. The molecular formula is C14H18N2S2. The third kappa shape index (κ3) is 2.24. The Kier molecular flexibility index (Phi) is 3.02. The molecule has 1 aromatic heterocycles. The normalized spacial score (nSPS) is 18.8. The lowest BCUT2D eigenvalue weighted by atomic mass is 10.0. The maximum Gasteiger partial charge on any atom is 0.150 e. The van der Waals surface area contributed by atoms with Gasteiger partial charge in [0.15, 0.2) is 4.34 Å². The van der Waals surface area contributed by atoms with Crippen molar-refractivity contribution in [3.8, 4) is 0 Å². The predicted molar refractivity (Wildman–Crippen MR) is 81.8 cm³/mol. The molecule has 1 aromatic carbocycles. The van der Waals surface area contributed by atoms with E-state index in [-0.39, 0.29) is 0 Å². The lowest BCUT2D eigenvalue weighted by Crippen LogP contribution is -2.24. The summed E-state index contributed by atoms with van der Waals surface area (Å²) in [5.74, 6) is 0. The third-order valence-corrected chi connectivity index (χ3v) is 6.01. The Morgan fingerprint density at radius 1 is 1.44 bits per heavy atom. The van der Waals surface area contributed by atoms with E-state index in [0.717, 1.165) is 9.86 Å². The van der Waals surface area contributed by atoms with E-state index in [1.165, 1.54) is 23.2 Å². The monoisotopic (exact) mass is 278 g/mol. The minimum atomic E-state index is 0.507. The minimum Gasteiger partial charge on any atom is -0.382 e. The second kappa shape index (κ2) is 4.42. The van der Waals surface area contributed by atoms with E-state index in [0.29, 0.717) is 11.5 Å². The van der Waals surface area contributed by atoms with E-state index in [4.69, 9.17) is 0 Å². The van der Waals surface area contributed by atoms with Crippen LogP contribution in [0.1, 0.15) is 26.7 Å². The fourth-order valence-corrected chi connectivity index (χ4v) is 3.66. The average Bonchev–Trinajstić information content (AvgIpc) is 2.98. The van der Waals surface area contributed by atoms with Crippen molar-refractivity contribution in [3.05, 3.63) is 18.2 Å². The van der Waals surface area contributed by atoms with Crippen molar-refractivity contribution >= 4 is 39.0 Å². The molecule has 1 heterocycles. The van der Waals surface area contributed by atoms with Crippen molar-refractivity contribution in [3.63, 3.8) is 0 Å². The molecule has 2 aromatic rings. The van der Waals surface area contributed by atoms with Crippen molar-refractivity contribution in [2.75, 3.05) is 11.6 Å². The number of nitrogens with zero attached hydrogens (tertiary/aromatic N) is 1. The van der Waals surface area contributed by atoms with Gasteiger partial charge in [-0.3, -0.25) is 0 Å². The number of hydrogen-bond donors (Lipinski definition) is 1. The van der Waals surface area contributed by atoms with Crippen LogP contribution in [0, 0.1) is 5.41 Å². The first-order chi connectivity index (χ1) is 8.60. The molecule has 1 fully saturated rings. The number of benzene rings is 1. The van der Waals surface area contributed by atoms with Gasteiger partial charge in [-0.05, 0) is 49.6 Å². The Morgan fingerprint density at radius 2 is 2.22 bits per heavy atom. The van der Waals surface area contributed by atoms with Gasteiger partial charge >= 0.3 is 0 Å². The first-order valence-electron chi connectivity index (χ1n) is 6.32. The lowest BCUT2D eigenvalue weighted by Gasteiger charge is -2.21. The average molecular weight is 278 g/mol. The van der Waals surface area contributed by atoms with Crippen LogP contribution in [0.3, 0.4) is 0 Å². The molecule has 1 saturated carbocycles. The highest BCUT2D eigenvalue weighted by Gasteiger charge is 2.42. The SMILES string of the molecule is CSc1nc2ccc(NC(C)C3(C)CC3)cc2s1. The molecule has 4 heteroatoms. The fraction of sp³-hybridized carbons (Fsp3) is 0.500. The number of nitrogens with one attached hydrogen (secondary N) is 1. The summed E-state index contributed by atoms with van der Waals surface area (Å²) in [6, 6.07) is 7.04. The van der Waals surface area contributed by atoms with Crippen LogP contribution in [0.25, 0.3) is 10.2 Å². The molecule has 1 N–H and O–H groups in total. The summed E-state index contributed by atoms with van der Waals surface area (Å²) < 4.78 is 2.42. The molecule has 0 bridgehead atoms. The molecular weight excluding hydrogens is 260 g/mol. The zero-order valence-electron chi connectivity index (χ0n) is 11.0. The van der Waals surface area contributed by atoms with Gasteiger partial charge in [-0.25, -0.2) is 4.98 Å². The van der Waals surface area contributed by atoms with E-state index in [2.05, 4.69) is 48.6 Å². The number of rotatable bonds is 4. The van der Waals surface area contributed by atoms with E-state index in [1.54, 1.807) is 23.1 Å². The van der Waals surface area contributed by atoms with Crippen LogP contribution >= 0.6 is 23.1 Å². The maximum atomic E-state index is 4.57. The van der Waals surface area contributed by atoms with E-state index >= 15 is 0 Å². The highest BCUT2D eigenvalue weighted by Crippen LogP contribution is 2.48. The molecule has 1 atom stereocenters. The second-order valence-electron chi connectivity index (χ2n) is 5.39. The van der Waals surface area contributed by atoms with Gasteiger partial charge in [0.1, 0.15) is 0 Å². The number of thiazole rings is 1. The van der Waals surface area contributed by atoms with Crippen LogP contribution < -0.4 is 5.32 Å². The number of fused-ring (bicyclic) bond motifs is 1. The Labute approximate surface area is 116 Å². The first kappa shape index (κ1) is 12.3. The molecule has 3 rings (SSSR count). The molecule has 0 radical (unpaired) electrons. The predicted octanol–water partition coefficient (Wildman–Crippen LogP) is 4.62. The molecule has 0 aliphatic heterocycles. The standard InChI is InChI=1S/C14H18N2S2/c1-9(14(2)6-7-14)15-10-4-5-11-12(8-10)18-13(16-11)17-3/h4-5,8-9,15H,6-7H2,1-3H3. The number of anilines is 1. The highest BCUT2D eigenvalue weighted by atomic mass is 32.2. The molecule has 1 aliphatic carbocycles. The second-order valence-corrected chi connectivity index (χ2v) is 7.47. The van der Waals surface area contributed by atoms with E-state index in [9.17, 15) is 0 Å². The van der Waals surface area contributed by atoms with Crippen molar-refractivity contribution in [2.45, 2.75) is 37.1 Å². The summed E-state index contributed by atoms with van der Waals surface area (Å²) in [6.45, 7) is 4.65. The van der Waals surface area contributed by atoms with Crippen LogP contribution in [0.15, 0.2) is 22.5 Å². The van der Waals surface area contributed by atoms with Crippen molar-refractivity contribution in [1.29, 1.82) is 0 Å². The number of thioether (sulfide) groups is 1. The van der Waals surface area contributed by atoms with Crippen molar-refractivity contribution in [1.82, 2.24) is 4.98 Å². The zero-order chi connectivity index (χ0) is 12.8. The molecule has 0 spiro atoms. The minimum absolute atomic E-state index is 0.507. The van der Waals surface area contributed by atoms with Gasteiger partial charge in [0.2, 0.25) is 0 Å². The summed E-state index contributed by atoms with van der Waals surface area (Å²) in [7, 11) is 0. The molecule has 1 unspecified atom stereocenters. The van der Waals surface area contributed by atoms with Crippen LogP contribution in [-0.2, 0) is 0 Å². The van der Waals surface area contributed by atoms with Crippen molar-refractivity contribution < 1.29 is 0 Å². The third-order valence-electron chi connectivity index (χ3n) is 4.01. The van der Waals surface area contributed by atoms with Crippen LogP contribution in [0.4, 0.5) is 5.69 Å². The molecule has 0 amide bonds. The van der Waals surface area contributed by atoms with Gasteiger partial charge in [0, 0.05) is 11.7 Å². The molecule has 96 valence electrons. The van der Waals surface area contributed by atoms with Gasteiger partial charge < -0.3 is 5.32 Å². The number of aromatic nitrogens is 1. The van der Waals surface area contributed by atoms with Gasteiger partial charge in [0.25, 0.3) is 0 Å². The smallest absolute Gasteiger partial charge is 0.150 e. The van der Waals surface area contributed by atoms with E-state index < -0.39 is 0 Å².